The molecule has 0 spiro atoms. The molecule has 0 amide bonds. The van der Waals surface area contributed by atoms with Gasteiger partial charge in [-0.2, -0.15) is 0 Å². The molecule has 0 aromatic rings. The normalized spacial score (nSPS) is 1.20. The van der Waals surface area contributed by atoms with Crippen LogP contribution in [0.2, 0.25) is 0 Å². The summed E-state index contributed by atoms with van der Waals surface area (Å²) in [6, 6.07) is 0. The summed E-state index contributed by atoms with van der Waals surface area (Å²) >= 11 is 2.62. The summed E-state index contributed by atoms with van der Waals surface area (Å²) < 4.78 is 7.88. The van der Waals surface area contributed by atoms with E-state index in [0.717, 1.165) is 0 Å². The molecule has 0 aliphatic rings. The van der Waals surface area contributed by atoms with Crippen LogP contribution in [0.15, 0.2) is 0 Å². The van der Waals surface area contributed by atoms with Gasteiger partial charge in [-0.1, -0.05) is 0 Å². The van der Waals surface area contributed by atoms with Crippen LogP contribution in [-0.4, -0.2) is 0 Å². The third kappa shape index (κ3) is 25.6. The fraction of sp³-hybridized carbons (Fsp3) is 0. The zero-order valence-electron chi connectivity index (χ0n) is 1.64. The van der Waals surface area contributed by atoms with E-state index in [2.05, 4.69) is 15.4 Å². The first kappa shape index (κ1) is 29.0. The number of rotatable bonds is 0. The fourth-order valence-corrected chi connectivity index (χ4v) is 0. The van der Waals surface area contributed by atoms with Gasteiger partial charge in [0.1, 0.15) is 0 Å². The van der Waals surface area contributed by atoms with Crippen LogP contribution in [0.4, 0.5) is 0 Å². The molecule has 0 unspecified atom stereocenters. The average Bonchev–Trinajstić information content (AvgIpc) is 1.00. The molecule has 0 aliphatic heterocycles. The third-order valence-electron chi connectivity index (χ3n) is 0. The van der Waals surface area contributed by atoms with Crippen molar-refractivity contribution < 1.29 is 69.9 Å². The van der Waals surface area contributed by atoms with Crippen molar-refractivity contribution in [3.8, 4) is 0 Å². The van der Waals surface area contributed by atoms with Crippen molar-refractivity contribution in [1.29, 1.82) is 0 Å². The van der Waals surface area contributed by atoms with Gasteiger partial charge in [-0.25, -0.2) is 0 Å². The Labute approximate surface area is 69.5 Å². The summed E-state index contributed by atoms with van der Waals surface area (Å²) in [5.41, 5.74) is 0. The van der Waals surface area contributed by atoms with Gasteiger partial charge in [0, 0.05) is 50.6 Å². The third-order valence-corrected chi connectivity index (χ3v) is 0. The molecule has 0 aromatic heterocycles. The predicted octanol–water partition coefficient (Wildman–Crippen LogP) is -0.129. The van der Waals surface area contributed by atoms with E-state index in [0.29, 0.717) is 0 Å². The molecule has 0 aromatic carbocycles. The van der Waals surface area contributed by atoms with Gasteiger partial charge < -0.3 is 0 Å². The Kier molecular flexibility index (Phi) is 236. The van der Waals surface area contributed by atoms with Crippen LogP contribution in [0.1, 0.15) is 0 Å². The maximum atomic E-state index is 7.88. The maximum absolute atomic E-state index is 7.88. The Bertz CT molecular complexity index is 7.61. The van der Waals surface area contributed by atoms with Gasteiger partial charge in [-0.05, 0) is 0 Å². The second-order valence-electron chi connectivity index (χ2n) is 0. The van der Waals surface area contributed by atoms with E-state index in [1.807, 2.05) is 0 Å². The van der Waals surface area contributed by atoms with E-state index in [9.17, 15) is 0 Å². The quantitative estimate of drug-likeness (QED) is 0.555. The zero-order valence-corrected chi connectivity index (χ0v) is 5.50. The standard InChI is InChI=1S/2Cu.2Ni.O. The van der Waals surface area contributed by atoms with E-state index < -0.39 is 0 Å². The van der Waals surface area contributed by atoms with Gasteiger partial charge in [0.05, 0.1) is 0 Å². The van der Waals surface area contributed by atoms with Crippen molar-refractivity contribution in [2.45, 2.75) is 0 Å². The van der Waals surface area contributed by atoms with Crippen molar-refractivity contribution in [1.82, 2.24) is 0 Å². The molecule has 2 radical (unpaired) electrons. The van der Waals surface area contributed by atoms with Crippen LogP contribution in [0.3, 0.4) is 0 Å². The number of hydrogen-bond donors (Lipinski definition) is 0. The van der Waals surface area contributed by atoms with E-state index in [1.54, 1.807) is 0 Å². The molecule has 0 saturated carbocycles. The molecule has 0 heterocycles. The minimum absolute atomic E-state index is 0. The van der Waals surface area contributed by atoms with Gasteiger partial charge in [-0.15, -0.1) is 0 Å². The first-order chi connectivity index (χ1) is 1.00. The molecule has 0 N–H and O–H groups in total. The van der Waals surface area contributed by atoms with Crippen molar-refractivity contribution in [3.05, 3.63) is 0 Å². The van der Waals surface area contributed by atoms with Crippen LogP contribution in [0.5, 0.6) is 0 Å². The molecule has 0 rings (SSSR count). The molecule has 0 saturated heterocycles. The average molecular weight is 260 g/mol. The van der Waals surface area contributed by atoms with E-state index >= 15 is 0 Å². The van der Waals surface area contributed by atoms with Gasteiger partial charge >= 0.3 is 19.3 Å². The summed E-state index contributed by atoms with van der Waals surface area (Å²) in [6.45, 7) is 0. The predicted molar refractivity (Wildman–Crippen MR) is 0.686 cm³/mol. The van der Waals surface area contributed by atoms with Crippen molar-refractivity contribution in [3.63, 3.8) is 0 Å². The molecule has 0 aliphatic carbocycles. The van der Waals surface area contributed by atoms with Crippen LogP contribution < -0.4 is 0 Å². The second-order valence-corrected chi connectivity index (χ2v) is 0. The Morgan fingerprint density at radius 3 is 1.00 bits per heavy atom. The minimum atomic E-state index is 0. The second kappa shape index (κ2) is 40.7. The summed E-state index contributed by atoms with van der Waals surface area (Å²) in [6.07, 6.45) is 0. The summed E-state index contributed by atoms with van der Waals surface area (Å²) in [5, 5.41) is 0. The first-order valence-electron chi connectivity index (χ1n) is 0.129. The van der Waals surface area contributed by atoms with Crippen LogP contribution >= 0.6 is 0 Å². The Morgan fingerprint density at radius 2 is 1.00 bits per heavy atom. The van der Waals surface area contributed by atoms with E-state index in [-0.39, 0.29) is 50.6 Å². The first-order valence-corrected chi connectivity index (χ1v) is 0.532. The summed E-state index contributed by atoms with van der Waals surface area (Å²) in [4.78, 5) is 0. The molecule has 0 fully saturated rings. The van der Waals surface area contributed by atoms with Crippen LogP contribution in [0, 0.1) is 0 Å². The Balaban J connectivity index is -0.00000000167. The zero-order chi connectivity index (χ0) is 2.00. The molecule has 48 valence electrons. The molecule has 5 heteroatoms. The number of hydrogen-bond acceptors (Lipinski definition) is 1. The Morgan fingerprint density at radius 1 is 1.00 bits per heavy atom. The van der Waals surface area contributed by atoms with Gasteiger partial charge in [0.2, 0.25) is 0 Å². The van der Waals surface area contributed by atoms with E-state index in [4.69, 9.17) is 3.90 Å². The molecule has 0 atom stereocenters. The van der Waals surface area contributed by atoms with Gasteiger partial charge in [0.15, 0.2) is 0 Å². The SMILES string of the molecule is [Cu].[Cu].[Ni].[O]=[Ni]. The molecular weight excluding hydrogens is 260 g/mol. The van der Waals surface area contributed by atoms with Crippen LogP contribution in [0.25, 0.3) is 0 Å². The summed E-state index contributed by atoms with van der Waals surface area (Å²) in [5.74, 6) is 0. The Hall–Kier alpha value is 1.83. The molecule has 5 heavy (non-hydrogen) atoms. The fourth-order valence-electron chi connectivity index (χ4n) is 0. The van der Waals surface area contributed by atoms with E-state index in [1.165, 1.54) is 0 Å². The van der Waals surface area contributed by atoms with Crippen molar-refractivity contribution in [2.24, 2.45) is 0 Å². The molecular formula is Cu2Ni2O. The molecule has 0 bridgehead atoms. The molecule has 1 nitrogen and oxygen atoms in total. The van der Waals surface area contributed by atoms with Crippen molar-refractivity contribution >= 4 is 0 Å². The van der Waals surface area contributed by atoms with Gasteiger partial charge in [-0.3, -0.25) is 0 Å². The monoisotopic (exact) mass is 258 g/mol. The van der Waals surface area contributed by atoms with Crippen LogP contribution in [-0.2, 0) is 69.9 Å². The van der Waals surface area contributed by atoms with Crippen molar-refractivity contribution in [2.75, 3.05) is 0 Å². The topological polar surface area (TPSA) is 17.1 Å². The van der Waals surface area contributed by atoms with Gasteiger partial charge in [0.25, 0.3) is 0 Å². The summed E-state index contributed by atoms with van der Waals surface area (Å²) in [7, 11) is 0.